The van der Waals surface area contributed by atoms with Crippen molar-refractivity contribution < 1.29 is 4.42 Å². The summed E-state index contributed by atoms with van der Waals surface area (Å²) >= 11 is 1.41. The number of aryl methyl sites for hydroxylation is 1. The van der Waals surface area contributed by atoms with Crippen LogP contribution in [0.1, 0.15) is 11.7 Å². The van der Waals surface area contributed by atoms with Crippen molar-refractivity contribution in [1.29, 1.82) is 0 Å². The second kappa shape index (κ2) is 4.41. The summed E-state index contributed by atoms with van der Waals surface area (Å²) in [5.74, 6) is 1.94. The lowest BCUT2D eigenvalue weighted by molar-refractivity contribution is 0.414. The average Bonchev–Trinajstić information content (AvgIpc) is 2.84. The summed E-state index contributed by atoms with van der Waals surface area (Å²) in [5.41, 5.74) is 5.35. The van der Waals surface area contributed by atoms with Gasteiger partial charge in [-0.15, -0.1) is 10.2 Å². The van der Waals surface area contributed by atoms with E-state index < -0.39 is 0 Å². The van der Waals surface area contributed by atoms with Gasteiger partial charge < -0.3 is 10.2 Å². The fourth-order valence-electron chi connectivity index (χ4n) is 0.956. The predicted molar refractivity (Wildman–Crippen MR) is 52.8 cm³/mol. The first-order chi connectivity index (χ1) is 7.29. The molecule has 2 rings (SSSR count). The van der Waals surface area contributed by atoms with Crippen molar-refractivity contribution in [3.8, 4) is 0 Å². The van der Waals surface area contributed by atoms with Gasteiger partial charge in [0.25, 0.3) is 5.22 Å². The Bertz CT molecular complexity index is 438. The van der Waals surface area contributed by atoms with Crippen LogP contribution in [-0.4, -0.2) is 25.0 Å². The number of nitrogens with two attached hydrogens (primary N) is 1. The van der Waals surface area contributed by atoms with Gasteiger partial charge in [-0.25, -0.2) is 4.98 Å². The largest absolute Gasteiger partial charge is 0.415 e. The first kappa shape index (κ1) is 10.1. The topological polar surface area (TPSA) is 95.7 Å². The highest BCUT2D eigenvalue weighted by atomic mass is 32.2. The van der Waals surface area contributed by atoms with Gasteiger partial charge in [0.05, 0.1) is 12.3 Å². The highest BCUT2D eigenvalue weighted by molar-refractivity contribution is 7.98. The van der Waals surface area contributed by atoms with Gasteiger partial charge in [0.15, 0.2) is 0 Å². The Morgan fingerprint density at radius 3 is 3.00 bits per heavy atom. The molecule has 8 heteroatoms. The van der Waals surface area contributed by atoms with E-state index in [9.17, 15) is 0 Å². The Morgan fingerprint density at radius 1 is 1.53 bits per heavy atom. The molecule has 0 amide bonds. The summed E-state index contributed by atoms with van der Waals surface area (Å²) in [7, 11) is 1.84. The van der Waals surface area contributed by atoms with Crippen LogP contribution in [0.25, 0.3) is 0 Å². The lowest BCUT2D eigenvalue weighted by atomic mass is 10.7. The molecule has 2 aromatic rings. The van der Waals surface area contributed by atoms with Crippen molar-refractivity contribution in [1.82, 2.24) is 25.0 Å². The molecule has 0 saturated heterocycles. The molecule has 0 saturated carbocycles. The van der Waals surface area contributed by atoms with Gasteiger partial charge in [0, 0.05) is 7.05 Å². The SMILES string of the molecule is Cn1ncnc1CSc1nnc(CN)o1. The smallest absolute Gasteiger partial charge is 0.277 e. The second-order valence-corrected chi connectivity index (χ2v) is 3.68. The number of thioether (sulfide) groups is 1. The lowest BCUT2D eigenvalue weighted by Crippen LogP contribution is -1.97. The predicted octanol–water partition coefficient (Wildman–Crippen LogP) is -0.0509. The van der Waals surface area contributed by atoms with Crippen molar-refractivity contribution in [2.45, 2.75) is 17.5 Å². The number of rotatable bonds is 4. The highest BCUT2D eigenvalue weighted by Gasteiger charge is 2.07. The minimum atomic E-state index is 0.261. The first-order valence-electron chi connectivity index (χ1n) is 4.27. The third-order valence-electron chi connectivity index (χ3n) is 1.75. The Morgan fingerprint density at radius 2 is 2.40 bits per heavy atom. The highest BCUT2D eigenvalue weighted by Crippen LogP contribution is 2.19. The zero-order valence-electron chi connectivity index (χ0n) is 8.12. The molecular formula is C7H10N6OS. The van der Waals surface area contributed by atoms with E-state index in [1.54, 1.807) is 4.68 Å². The third-order valence-corrected chi connectivity index (χ3v) is 2.57. The van der Waals surface area contributed by atoms with E-state index in [-0.39, 0.29) is 6.54 Å². The molecule has 0 radical (unpaired) electrons. The summed E-state index contributed by atoms with van der Waals surface area (Å²) in [6, 6.07) is 0. The zero-order valence-corrected chi connectivity index (χ0v) is 8.94. The Kier molecular flexibility index (Phi) is 2.97. The molecular weight excluding hydrogens is 216 g/mol. The first-order valence-corrected chi connectivity index (χ1v) is 5.26. The number of hydrogen-bond donors (Lipinski definition) is 1. The van der Waals surface area contributed by atoms with Gasteiger partial charge in [-0.3, -0.25) is 4.68 Å². The van der Waals surface area contributed by atoms with Crippen LogP contribution in [0.4, 0.5) is 0 Å². The summed E-state index contributed by atoms with van der Waals surface area (Å²) in [5, 5.41) is 12.0. The molecule has 0 aromatic carbocycles. The van der Waals surface area contributed by atoms with Gasteiger partial charge in [0.2, 0.25) is 5.89 Å². The van der Waals surface area contributed by atoms with Crippen LogP contribution in [0.3, 0.4) is 0 Å². The van der Waals surface area contributed by atoms with Crippen LogP contribution in [0, 0.1) is 0 Å². The van der Waals surface area contributed by atoms with Crippen LogP contribution in [0.15, 0.2) is 16.0 Å². The summed E-state index contributed by atoms with van der Waals surface area (Å²) in [4.78, 5) is 4.07. The number of hydrogen-bond acceptors (Lipinski definition) is 7. The minimum absolute atomic E-state index is 0.261. The minimum Gasteiger partial charge on any atom is -0.415 e. The molecule has 2 aromatic heterocycles. The molecule has 0 aliphatic heterocycles. The van der Waals surface area contributed by atoms with Gasteiger partial charge in [-0.1, -0.05) is 11.8 Å². The molecule has 0 unspecified atom stereocenters. The molecule has 2 heterocycles. The fraction of sp³-hybridized carbons (Fsp3) is 0.429. The average molecular weight is 226 g/mol. The van der Waals surface area contributed by atoms with Crippen molar-refractivity contribution in [3.63, 3.8) is 0 Å². The number of aromatic nitrogens is 5. The van der Waals surface area contributed by atoms with Gasteiger partial charge in [0.1, 0.15) is 12.2 Å². The normalized spacial score (nSPS) is 10.8. The van der Waals surface area contributed by atoms with Crippen molar-refractivity contribution >= 4 is 11.8 Å². The van der Waals surface area contributed by atoms with Gasteiger partial charge in [-0.2, -0.15) is 5.10 Å². The van der Waals surface area contributed by atoms with Crippen molar-refractivity contribution in [3.05, 3.63) is 18.0 Å². The zero-order chi connectivity index (χ0) is 10.7. The van der Waals surface area contributed by atoms with E-state index in [0.717, 1.165) is 5.82 Å². The van der Waals surface area contributed by atoms with Crippen molar-refractivity contribution in [2.24, 2.45) is 12.8 Å². The maximum Gasteiger partial charge on any atom is 0.277 e. The number of nitrogens with zero attached hydrogens (tertiary/aromatic N) is 5. The van der Waals surface area contributed by atoms with Crippen molar-refractivity contribution in [2.75, 3.05) is 0 Å². The Balaban J connectivity index is 1.96. The molecule has 80 valence electrons. The second-order valence-electron chi connectivity index (χ2n) is 2.75. The maximum atomic E-state index is 5.35. The molecule has 15 heavy (non-hydrogen) atoms. The lowest BCUT2D eigenvalue weighted by Gasteiger charge is -1.95. The fourth-order valence-corrected chi connectivity index (χ4v) is 1.72. The molecule has 0 atom stereocenters. The molecule has 2 N–H and O–H groups in total. The molecule has 0 bridgehead atoms. The standard InChI is InChI=1S/C7H10N6OS/c1-13-5(9-4-10-13)3-15-7-12-11-6(2-8)14-7/h4H,2-3,8H2,1H3. The quantitative estimate of drug-likeness (QED) is 0.730. The van der Waals surface area contributed by atoms with E-state index in [0.29, 0.717) is 16.9 Å². The van der Waals surface area contributed by atoms with E-state index in [2.05, 4.69) is 20.3 Å². The van der Waals surface area contributed by atoms with Crippen LogP contribution in [0.5, 0.6) is 0 Å². The molecule has 0 aliphatic rings. The van der Waals surface area contributed by atoms with Gasteiger partial charge >= 0.3 is 0 Å². The third kappa shape index (κ3) is 2.34. The Hall–Kier alpha value is -1.41. The molecule has 0 aliphatic carbocycles. The van der Waals surface area contributed by atoms with Gasteiger partial charge in [-0.05, 0) is 0 Å². The molecule has 7 nitrogen and oxygen atoms in total. The monoisotopic (exact) mass is 226 g/mol. The van der Waals surface area contributed by atoms with Crippen LogP contribution in [-0.2, 0) is 19.3 Å². The van der Waals surface area contributed by atoms with Crippen LogP contribution >= 0.6 is 11.8 Å². The van der Waals surface area contributed by atoms with E-state index in [4.69, 9.17) is 10.2 Å². The summed E-state index contributed by atoms with van der Waals surface area (Å²) in [6.07, 6.45) is 1.51. The van der Waals surface area contributed by atoms with E-state index in [1.807, 2.05) is 7.05 Å². The van der Waals surface area contributed by atoms with E-state index in [1.165, 1.54) is 18.1 Å². The van der Waals surface area contributed by atoms with E-state index >= 15 is 0 Å². The molecule has 0 fully saturated rings. The van der Waals surface area contributed by atoms with Crippen LogP contribution in [0.2, 0.25) is 0 Å². The molecule has 0 spiro atoms. The maximum absolute atomic E-state index is 5.35. The summed E-state index contributed by atoms with van der Waals surface area (Å²) in [6.45, 7) is 0.261. The summed E-state index contributed by atoms with van der Waals surface area (Å²) < 4.78 is 6.93. The Labute approximate surface area is 90.1 Å². The van der Waals surface area contributed by atoms with Crippen LogP contribution < -0.4 is 5.73 Å².